The highest BCUT2D eigenvalue weighted by molar-refractivity contribution is 5.51. The summed E-state index contributed by atoms with van der Waals surface area (Å²) in [7, 11) is 2.39. The van der Waals surface area contributed by atoms with Crippen molar-refractivity contribution in [3.8, 4) is 0 Å². The number of hydrogen-bond donors (Lipinski definition) is 0. The molecular formula is C13H16F2N2O4. The van der Waals surface area contributed by atoms with E-state index in [0.29, 0.717) is 12.2 Å². The van der Waals surface area contributed by atoms with Crippen LogP contribution in [0.2, 0.25) is 0 Å². The maximum atomic E-state index is 14.3. The Morgan fingerprint density at radius 3 is 2.24 bits per heavy atom. The van der Waals surface area contributed by atoms with Crippen molar-refractivity contribution in [3.05, 3.63) is 34.4 Å². The van der Waals surface area contributed by atoms with Crippen LogP contribution in [0.5, 0.6) is 0 Å². The second-order valence-electron chi connectivity index (χ2n) is 4.81. The average molecular weight is 302 g/mol. The Morgan fingerprint density at radius 2 is 1.81 bits per heavy atom. The van der Waals surface area contributed by atoms with Crippen molar-refractivity contribution in [2.24, 2.45) is 0 Å². The lowest BCUT2D eigenvalue weighted by molar-refractivity contribution is -0.384. The zero-order chi connectivity index (χ0) is 15.7. The van der Waals surface area contributed by atoms with E-state index in [1.165, 1.54) is 43.4 Å². The summed E-state index contributed by atoms with van der Waals surface area (Å²) in [6.07, 6.45) is -0.00993. The molecule has 1 aromatic carbocycles. The highest BCUT2D eigenvalue weighted by atomic mass is 19.3. The van der Waals surface area contributed by atoms with Crippen LogP contribution < -0.4 is 4.90 Å². The van der Waals surface area contributed by atoms with Gasteiger partial charge in [-0.15, -0.1) is 0 Å². The van der Waals surface area contributed by atoms with E-state index < -0.39 is 23.2 Å². The number of halogens is 2. The van der Waals surface area contributed by atoms with Crippen LogP contribution in [0.25, 0.3) is 0 Å². The molecule has 0 aromatic heterocycles. The van der Waals surface area contributed by atoms with Gasteiger partial charge in [0.15, 0.2) is 0 Å². The molecule has 0 N–H and O–H groups in total. The van der Waals surface area contributed by atoms with Gasteiger partial charge >= 0.3 is 5.92 Å². The van der Waals surface area contributed by atoms with E-state index >= 15 is 0 Å². The molecule has 8 heteroatoms. The second-order valence-corrected chi connectivity index (χ2v) is 4.81. The number of anilines is 1. The van der Waals surface area contributed by atoms with Crippen molar-refractivity contribution in [2.45, 2.75) is 18.1 Å². The van der Waals surface area contributed by atoms with Crippen molar-refractivity contribution in [3.63, 3.8) is 0 Å². The van der Waals surface area contributed by atoms with E-state index in [2.05, 4.69) is 0 Å². The third-order valence-corrected chi connectivity index (χ3v) is 3.74. The molecule has 1 heterocycles. The first kappa shape index (κ1) is 15.6. The Kier molecular flexibility index (Phi) is 4.11. The number of non-ortho nitro benzene ring substituents is 1. The van der Waals surface area contributed by atoms with Crippen LogP contribution in [0.1, 0.15) is 6.42 Å². The number of hydrogen-bond acceptors (Lipinski definition) is 5. The second kappa shape index (κ2) is 5.53. The molecule has 0 unspecified atom stereocenters. The average Bonchev–Trinajstić information content (AvgIpc) is 2.47. The molecule has 0 spiro atoms. The predicted octanol–water partition coefficient (Wildman–Crippen LogP) is 2.43. The Balaban J connectivity index is 2.19. The SMILES string of the molecule is COC1(OC)CCN(c2ccc([N+](=O)[O-])cc2)CC1(F)F. The highest BCUT2D eigenvalue weighted by Gasteiger charge is 2.58. The largest absolute Gasteiger partial charge is 0.365 e. The van der Waals surface area contributed by atoms with E-state index in [-0.39, 0.29) is 12.1 Å². The van der Waals surface area contributed by atoms with Crippen LogP contribution in [0, 0.1) is 10.1 Å². The van der Waals surface area contributed by atoms with Crippen LogP contribution >= 0.6 is 0 Å². The van der Waals surface area contributed by atoms with Crippen LogP contribution in [0.15, 0.2) is 24.3 Å². The number of benzene rings is 1. The molecule has 1 fully saturated rings. The fraction of sp³-hybridized carbons (Fsp3) is 0.538. The van der Waals surface area contributed by atoms with Gasteiger partial charge in [-0.3, -0.25) is 10.1 Å². The van der Waals surface area contributed by atoms with Crippen molar-refractivity contribution in [2.75, 3.05) is 32.2 Å². The Labute approximate surface area is 120 Å². The van der Waals surface area contributed by atoms with Gasteiger partial charge in [-0.05, 0) is 12.1 Å². The van der Waals surface area contributed by atoms with E-state index in [9.17, 15) is 18.9 Å². The van der Waals surface area contributed by atoms with Crippen molar-refractivity contribution < 1.29 is 23.2 Å². The first-order valence-corrected chi connectivity index (χ1v) is 6.33. The molecule has 0 atom stereocenters. The molecule has 0 radical (unpaired) electrons. The summed E-state index contributed by atoms with van der Waals surface area (Å²) in [5, 5.41) is 10.6. The van der Waals surface area contributed by atoms with Gasteiger partial charge in [-0.25, -0.2) is 0 Å². The first-order chi connectivity index (χ1) is 9.85. The van der Waals surface area contributed by atoms with Crippen LogP contribution in [-0.2, 0) is 9.47 Å². The number of ether oxygens (including phenoxy) is 2. The van der Waals surface area contributed by atoms with Crippen LogP contribution in [0.3, 0.4) is 0 Å². The molecule has 1 saturated heterocycles. The smallest absolute Gasteiger partial charge is 0.317 e. The lowest BCUT2D eigenvalue weighted by atomic mass is 9.98. The number of nitrogens with zero attached hydrogens (tertiary/aromatic N) is 2. The molecule has 6 nitrogen and oxygen atoms in total. The summed E-state index contributed by atoms with van der Waals surface area (Å²) in [5.74, 6) is -5.12. The molecule has 1 aliphatic heterocycles. The summed E-state index contributed by atoms with van der Waals surface area (Å²) < 4.78 is 38.3. The van der Waals surface area contributed by atoms with Crippen LogP contribution in [-0.4, -0.2) is 43.9 Å². The molecule has 0 bridgehead atoms. The quantitative estimate of drug-likeness (QED) is 0.485. The monoisotopic (exact) mass is 302 g/mol. The van der Waals surface area contributed by atoms with Gasteiger partial charge in [-0.1, -0.05) is 0 Å². The molecule has 0 aliphatic carbocycles. The summed E-state index contributed by atoms with van der Waals surface area (Å²) in [6.45, 7) is -0.276. The third-order valence-electron chi connectivity index (χ3n) is 3.74. The van der Waals surface area contributed by atoms with Crippen molar-refractivity contribution >= 4 is 11.4 Å². The fourth-order valence-electron chi connectivity index (χ4n) is 2.50. The minimum absolute atomic E-state index is 0.00993. The molecule has 0 amide bonds. The van der Waals surface area contributed by atoms with Gasteiger partial charge in [-0.2, -0.15) is 8.78 Å². The van der Waals surface area contributed by atoms with E-state index in [0.717, 1.165) is 0 Å². The number of nitro groups is 1. The number of alkyl halides is 2. The minimum Gasteiger partial charge on any atom is -0.365 e. The lowest BCUT2D eigenvalue weighted by Gasteiger charge is -2.45. The normalized spacial score (nSPS) is 20.3. The van der Waals surface area contributed by atoms with Gasteiger partial charge in [0.1, 0.15) is 0 Å². The molecule has 1 aliphatic rings. The third kappa shape index (κ3) is 2.68. The Morgan fingerprint density at radius 1 is 1.24 bits per heavy atom. The van der Waals surface area contributed by atoms with Gasteiger partial charge in [0.05, 0.1) is 11.5 Å². The Hall–Kier alpha value is -1.80. The zero-order valence-electron chi connectivity index (χ0n) is 11.7. The van der Waals surface area contributed by atoms with Crippen molar-refractivity contribution in [1.82, 2.24) is 0 Å². The first-order valence-electron chi connectivity index (χ1n) is 6.33. The molecule has 1 aromatic rings. The number of nitro benzene ring substituents is 1. The number of methoxy groups -OCH3 is 2. The number of rotatable bonds is 4. The molecular weight excluding hydrogens is 286 g/mol. The Bertz CT molecular complexity index is 517. The number of piperidine rings is 1. The van der Waals surface area contributed by atoms with Gasteiger partial charge in [0.2, 0.25) is 5.79 Å². The van der Waals surface area contributed by atoms with Gasteiger partial charge in [0.25, 0.3) is 5.69 Å². The van der Waals surface area contributed by atoms with Crippen molar-refractivity contribution in [1.29, 1.82) is 0 Å². The summed E-state index contributed by atoms with van der Waals surface area (Å²) in [4.78, 5) is 11.5. The lowest BCUT2D eigenvalue weighted by Crippen LogP contribution is -2.62. The van der Waals surface area contributed by atoms with E-state index in [1.807, 2.05) is 0 Å². The molecule has 0 saturated carbocycles. The van der Waals surface area contributed by atoms with Gasteiger partial charge in [0, 0.05) is 45.0 Å². The molecule has 116 valence electrons. The summed E-state index contributed by atoms with van der Waals surface area (Å²) >= 11 is 0. The topological polar surface area (TPSA) is 64.8 Å². The minimum atomic E-state index is -3.20. The fourth-order valence-corrected chi connectivity index (χ4v) is 2.50. The van der Waals surface area contributed by atoms with E-state index in [1.54, 1.807) is 0 Å². The summed E-state index contributed by atoms with van der Waals surface area (Å²) in [6, 6.07) is 5.51. The molecule has 21 heavy (non-hydrogen) atoms. The molecule has 2 rings (SSSR count). The predicted molar refractivity (Wildman–Crippen MR) is 71.6 cm³/mol. The maximum Gasteiger partial charge on any atom is 0.317 e. The van der Waals surface area contributed by atoms with Crippen LogP contribution in [0.4, 0.5) is 20.2 Å². The highest BCUT2D eigenvalue weighted by Crippen LogP contribution is 2.41. The standard InChI is InChI=1S/C13H16F2N2O4/c1-20-13(21-2)7-8-16(9-12(13,14)15)10-3-5-11(6-4-10)17(18)19/h3-6H,7-9H2,1-2H3. The maximum absolute atomic E-state index is 14.3. The summed E-state index contributed by atoms with van der Waals surface area (Å²) in [5.41, 5.74) is 0.423. The van der Waals surface area contributed by atoms with E-state index in [4.69, 9.17) is 9.47 Å². The van der Waals surface area contributed by atoms with Gasteiger partial charge < -0.3 is 14.4 Å². The zero-order valence-corrected chi connectivity index (χ0v) is 11.7.